The monoisotopic (exact) mass is 356 g/mol. The fourth-order valence-corrected chi connectivity index (χ4v) is 3.89. The van der Waals surface area contributed by atoms with Gasteiger partial charge in [-0.05, 0) is 24.6 Å². The van der Waals surface area contributed by atoms with Crippen LogP contribution in [0, 0.1) is 25.1 Å². The predicted molar refractivity (Wildman–Crippen MR) is 98.4 cm³/mol. The van der Waals surface area contributed by atoms with Gasteiger partial charge in [-0.15, -0.1) is 17.8 Å². The van der Waals surface area contributed by atoms with E-state index in [9.17, 15) is 9.18 Å². The summed E-state index contributed by atoms with van der Waals surface area (Å²) in [5.41, 5.74) is 1.42. The van der Waals surface area contributed by atoms with Gasteiger partial charge in [0.05, 0.1) is 18.5 Å². The molecule has 0 amide bonds. The smallest absolute Gasteiger partial charge is 0.263 e. The Hall–Kier alpha value is -2.49. The number of benzene rings is 1. The molecule has 0 spiro atoms. The third-order valence-corrected chi connectivity index (χ3v) is 4.98. The number of terminal acetylenes is 1. The van der Waals surface area contributed by atoms with Crippen LogP contribution in [-0.2, 0) is 17.7 Å². The molecule has 0 radical (unpaired) electrons. The average molecular weight is 356 g/mol. The fraction of sp³-hybridized carbons (Fsp3) is 0.263. The van der Waals surface area contributed by atoms with Crippen LogP contribution in [0.5, 0.6) is 0 Å². The first-order valence-electron chi connectivity index (χ1n) is 7.78. The van der Waals surface area contributed by atoms with Crippen LogP contribution in [0.1, 0.15) is 10.7 Å². The first-order chi connectivity index (χ1) is 12.1. The molecule has 0 atom stereocenters. The average Bonchev–Trinajstić information content (AvgIpc) is 2.93. The molecule has 2 heterocycles. The highest BCUT2D eigenvalue weighted by Gasteiger charge is 2.19. The van der Waals surface area contributed by atoms with Crippen molar-refractivity contribution in [1.82, 2.24) is 9.55 Å². The van der Waals surface area contributed by atoms with Crippen molar-refractivity contribution in [2.45, 2.75) is 19.9 Å². The maximum atomic E-state index is 13.2. The first-order valence-corrected chi connectivity index (χ1v) is 8.59. The summed E-state index contributed by atoms with van der Waals surface area (Å²) in [7, 11) is 1.60. The summed E-state index contributed by atoms with van der Waals surface area (Å²) < 4.78 is 19.9. The number of hydrogen-bond acceptors (Lipinski definition) is 4. The van der Waals surface area contributed by atoms with E-state index < -0.39 is 0 Å². The second kappa shape index (κ2) is 7.18. The van der Waals surface area contributed by atoms with E-state index in [4.69, 9.17) is 11.2 Å². The normalized spacial score (nSPS) is 11.0. The molecule has 0 aliphatic heterocycles. The molecule has 2 aromatic heterocycles. The molecule has 1 aromatic carbocycles. The third-order valence-electron chi connectivity index (χ3n) is 3.98. The predicted octanol–water partition coefficient (Wildman–Crippen LogP) is 3.39. The molecule has 0 bridgehead atoms. The largest absolute Gasteiger partial charge is 0.384 e. The number of methoxy groups -OCH3 is 1. The Morgan fingerprint density at radius 1 is 1.36 bits per heavy atom. The van der Waals surface area contributed by atoms with Crippen molar-refractivity contribution in [3.63, 3.8) is 0 Å². The van der Waals surface area contributed by atoms with Crippen molar-refractivity contribution in [2.24, 2.45) is 0 Å². The maximum absolute atomic E-state index is 13.2. The summed E-state index contributed by atoms with van der Waals surface area (Å²) in [6, 6.07) is 6.12. The summed E-state index contributed by atoms with van der Waals surface area (Å²) in [6.45, 7) is 2.54. The van der Waals surface area contributed by atoms with Crippen LogP contribution < -0.4 is 5.56 Å². The summed E-state index contributed by atoms with van der Waals surface area (Å²) in [5, 5.41) is 0.533. The van der Waals surface area contributed by atoms with Crippen LogP contribution in [-0.4, -0.2) is 23.3 Å². The summed E-state index contributed by atoms with van der Waals surface area (Å²) in [4.78, 5) is 19.4. The van der Waals surface area contributed by atoms with Gasteiger partial charge in [0.1, 0.15) is 16.5 Å². The maximum Gasteiger partial charge on any atom is 0.263 e. The first kappa shape index (κ1) is 17.3. The number of fused-ring (bicyclic) bond motifs is 1. The standard InChI is InChI=1S/C19H17FN2O2S/c1-4-10-22-15(9-11-24-3)21-18-17(19(22)23)16(12(2)25-18)13-5-7-14(20)8-6-13/h1,5-8H,9-11H2,2-3H3. The number of aryl methyl sites for hydroxylation is 1. The Kier molecular flexibility index (Phi) is 4.98. The van der Waals surface area contributed by atoms with E-state index in [1.165, 1.54) is 28.0 Å². The van der Waals surface area contributed by atoms with Crippen molar-refractivity contribution in [2.75, 3.05) is 13.7 Å². The molecule has 3 rings (SSSR count). The number of thiophene rings is 1. The van der Waals surface area contributed by atoms with Gasteiger partial charge >= 0.3 is 0 Å². The van der Waals surface area contributed by atoms with E-state index in [1.54, 1.807) is 19.2 Å². The minimum Gasteiger partial charge on any atom is -0.384 e. The molecule has 25 heavy (non-hydrogen) atoms. The number of hydrogen-bond donors (Lipinski definition) is 0. The summed E-state index contributed by atoms with van der Waals surface area (Å²) >= 11 is 1.46. The second-order valence-corrected chi connectivity index (χ2v) is 6.79. The molecule has 0 aliphatic rings. The van der Waals surface area contributed by atoms with Crippen molar-refractivity contribution in [3.05, 3.63) is 51.1 Å². The molecule has 0 unspecified atom stereocenters. The lowest BCUT2D eigenvalue weighted by Crippen LogP contribution is -2.25. The van der Waals surface area contributed by atoms with Gasteiger partial charge in [0.15, 0.2) is 0 Å². The van der Waals surface area contributed by atoms with Gasteiger partial charge in [-0.1, -0.05) is 18.1 Å². The van der Waals surface area contributed by atoms with Crippen molar-refractivity contribution < 1.29 is 9.13 Å². The van der Waals surface area contributed by atoms with E-state index in [0.29, 0.717) is 29.1 Å². The minimum atomic E-state index is -0.314. The molecule has 128 valence electrons. The minimum absolute atomic E-state index is 0.151. The van der Waals surface area contributed by atoms with E-state index in [1.807, 2.05) is 6.92 Å². The van der Waals surface area contributed by atoms with Crippen LogP contribution in [0.25, 0.3) is 21.3 Å². The van der Waals surface area contributed by atoms with Gasteiger partial charge in [0.25, 0.3) is 5.56 Å². The van der Waals surface area contributed by atoms with E-state index >= 15 is 0 Å². The van der Waals surface area contributed by atoms with Crippen LogP contribution in [0.3, 0.4) is 0 Å². The van der Waals surface area contributed by atoms with Gasteiger partial charge in [-0.25, -0.2) is 9.37 Å². The van der Waals surface area contributed by atoms with E-state index in [0.717, 1.165) is 16.0 Å². The second-order valence-electron chi connectivity index (χ2n) is 5.59. The number of aromatic nitrogens is 2. The molecule has 0 N–H and O–H groups in total. The summed E-state index contributed by atoms with van der Waals surface area (Å²) in [6.07, 6.45) is 5.94. The number of rotatable bonds is 5. The van der Waals surface area contributed by atoms with Crippen LogP contribution in [0.2, 0.25) is 0 Å². The third kappa shape index (κ3) is 3.21. The van der Waals surface area contributed by atoms with Crippen LogP contribution >= 0.6 is 11.3 Å². The number of nitrogens with zero attached hydrogens (tertiary/aromatic N) is 2. The zero-order valence-corrected chi connectivity index (χ0v) is 14.8. The molecule has 6 heteroatoms. The van der Waals surface area contributed by atoms with Crippen LogP contribution in [0.15, 0.2) is 29.1 Å². The molecule has 0 aliphatic carbocycles. The highest BCUT2D eigenvalue weighted by atomic mass is 32.1. The zero-order chi connectivity index (χ0) is 18.0. The van der Waals surface area contributed by atoms with Crippen LogP contribution in [0.4, 0.5) is 4.39 Å². The molecular weight excluding hydrogens is 339 g/mol. The Labute approximate surface area is 148 Å². The van der Waals surface area contributed by atoms with Gasteiger partial charge in [0.2, 0.25) is 0 Å². The summed E-state index contributed by atoms with van der Waals surface area (Å²) in [5.74, 6) is 2.82. The molecule has 3 aromatic rings. The quantitative estimate of drug-likeness (QED) is 0.658. The molecule has 0 saturated heterocycles. The molecule has 4 nitrogen and oxygen atoms in total. The lowest BCUT2D eigenvalue weighted by atomic mass is 10.0. The lowest BCUT2D eigenvalue weighted by molar-refractivity contribution is 0.199. The van der Waals surface area contributed by atoms with Gasteiger partial charge in [-0.2, -0.15) is 0 Å². The Balaban J connectivity index is 2.28. The Morgan fingerprint density at radius 2 is 2.08 bits per heavy atom. The topological polar surface area (TPSA) is 44.1 Å². The SMILES string of the molecule is C#CCn1c(CCOC)nc2sc(C)c(-c3ccc(F)cc3)c2c1=O. The van der Waals surface area contributed by atoms with Gasteiger partial charge in [0, 0.05) is 24.0 Å². The zero-order valence-electron chi connectivity index (χ0n) is 14.0. The number of halogens is 1. The van der Waals surface area contributed by atoms with E-state index in [-0.39, 0.29) is 17.9 Å². The van der Waals surface area contributed by atoms with E-state index in [2.05, 4.69) is 10.9 Å². The van der Waals surface area contributed by atoms with Gasteiger partial charge in [-0.3, -0.25) is 9.36 Å². The Morgan fingerprint density at radius 3 is 2.72 bits per heavy atom. The fourth-order valence-electron chi connectivity index (χ4n) is 2.84. The highest BCUT2D eigenvalue weighted by Crippen LogP contribution is 2.35. The molecular formula is C19H17FN2O2S. The van der Waals surface area contributed by atoms with Gasteiger partial charge < -0.3 is 4.74 Å². The Bertz CT molecular complexity index is 1010. The van der Waals surface area contributed by atoms with Crippen molar-refractivity contribution in [3.8, 4) is 23.5 Å². The van der Waals surface area contributed by atoms with Crippen molar-refractivity contribution in [1.29, 1.82) is 0 Å². The lowest BCUT2D eigenvalue weighted by Gasteiger charge is -2.10. The molecule has 0 saturated carbocycles. The van der Waals surface area contributed by atoms with Crippen molar-refractivity contribution >= 4 is 21.6 Å². The molecule has 0 fully saturated rings. The highest BCUT2D eigenvalue weighted by molar-refractivity contribution is 7.19. The number of ether oxygens (including phenoxy) is 1.